The van der Waals surface area contributed by atoms with E-state index in [9.17, 15) is 9.90 Å². The zero-order chi connectivity index (χ0) is 12.5. The summed E-state index contributed by atoms with van der Waals surface area (Å²) in [7, 11) is 0. The van der Waals surface area contributed by atoms with Gasteiger partial charge in [-0.25, -0.2) is 0 Å². The van der Waals surface area contributed by atoms with Crippen molar-refractivity contribution >= 4 is 5.91 Å². The molecule has 0 saturated heterocycles. The van der Waals surface area contributed by atoms with Gasteiger partial charge in [0.2, 0.25) is 5.91 Å². The Morgan fingerprint density at radius 3 is 2.59 bits per heavy atom. The minimum atomic E-state index is -0.202. The van der Waals surface area contributed by atoms with E-state index >= 15 is 0 Å². The summed E-state index contributed by atoms with van der Waals surface area (Å²) in [4.78, 5) is 12.1. The van der Waals surface area contributed by atoms with E-state index in [4.69, 9.17) is 0 Å². The number of hydrogen-bond donors (Lipinski definition) is 2. The lowest BCUT2D eigenvalue weighted by Gasteiger charge is -2.26. The Hall–Kier alpha value is -0.570. The van der Waals surface area contributed by atoms with Crippen LogP contribution < -0.4 is 5.32 Å². The van der Waals surface area contributed by atoms with E-state index < -0.39 is 0 Å². The minimum Gasteiger partial charge on any atom is -0.393 e. The molecule has 0 aliphatic heterocycles. The van der Waals surface area contributed by atoms with Crippen molar-refractivity contribution in [2.45, 2.75) is 58.5 Å². The number of nitrogens with one attached hydrogen (secondary N) is 1. The number of amides is 1. The first-order valence-electron chi connectivity index (χ1n) is 6.96. The minimum absolute atomic E-state index is 0.151. The number of aliphatic hydroxyl groups excluding tert-OH is 1. The molecule has 3 heteroatoms. The molecule has 0 bridgehead atoms. The number of carbonyl (C=O) groups is 1. The summed E-state index contributed by atoms with van der Waals surface area (Å²) in [6.07, 6.45) is 6.17. The van der Waals surface area contributed by atoms with Crippen LogP contribution in [-0.4, -0.2) is 23.7 Å². The van der Waals surface area contributed by atoms with Crippen molar-refractivity contribution in [1.82, 2.24) is 5.32 Å². The zero-order valence-electron chi connectivity index (χ0n) is 11.0. The Kier molecular flexibility index (Phi) is 3.76. The van der Waals surface area contributed by atoms with Crippen LogP contribution in [0.4, 0.5) is 0 Å². The molecule has 17 heavy (non-hydrogen) atoms. The van der Waals surface area contributed by atoms with Crippen LogP contribution in [0.3, 0.4) is 0 Å². The Bertz CT molecular complexity index is 288. The molecule has 2 rings (SSSR count). The average molecular weight is 239 g/mol. The molecule has 3 nitrogen and oxygen atoms in total. The van der Waals surface area contributed by atoms with Crippen molar-refractivity contribution in [2.75, 3.05) is 6.54 Å². The number of rotatable bonds is 3. The molecule has 2 N–H and O–H groups in total. The second kappa shape index (κ2) is 4.97. The van der Waals surface area contributed by atoms with Gasteiger partial charge in [0.05, 0.1) is 6.10 Å². The Labute approximate surface area is 104 Å². The molecule has 2 aliphatic carbocycles. The molecule has 0 radical (unpaired) electrons. The van der Waals surface area contributed by atoms with Crippen LogP contribution in [0.5, 0.6) is 0 Å². The SMILES string of the molecule is CC1(C)CCCC1C(=O)NCC1CCCC1O. The van der Waals surface area contributed by atoms with Crippen LogP contribution in [0.1, 0.15) is 52.4 Å². The Morgan fingerprint density at radius 1 is 1.29 bits per heavy atom. The third-order valence-corrected chi connectivity index (χ3v) is 4.73. The van der Waals surface area contributed by atoms with Gasteiger partial charge < -0.3 is 10.4 Å². The molecule has 2 saturated carbocycles. The van der Waals surface area contributed by atoms with E-state index in [2.05, 4.69) is 19.2 Å². The topological polar surface area (TPSA) is 49.3 Å². The van der Waals surface area contributed by atoms with E-state index in [0.29, 0.717) is 6.54 Å². The van der Waals surface area contributed by atoms with Gasteiger partial charge in [0.25, 0.3) is 0 Å². The summed E-state index contributed by atoms with van der Waals surface area (Å²) < 4.78 is 0. The highest BCUT2D eigenvalue weighted by Gasteiger charge is 2.39. The van der Waals surface area contributed by atoms with Crippen molar-refractivity contribution in [2.24, 2.45) is 17.3 Å². The van der Waals surface area contributed by atoms with Crippen molar-refractivity contribution in [3.05, 3.63) is 0 Å². The van der Waals surface area contributed by atoms with E-state index in [1.807, 2.05) is 0 Å². The molecule has 0 aromatic rings. The Morgan fingerprint density at radius 2 is 2.06 bits per heavy atom. The van der Waals surface area contributed by atoms with Crippen LogP contribution in [0.15, 0.2) is 0 Å². The van der Waals surface area contributed by atoms with E-state index in [1.165, 1.54) is 0 Å². The summed E-state index contributed by atoms with van der Waals surface area (Å²) in [6, 6.07) is 0. The van der Waals surface area contributed by atoms with Crippen LogP contribution in [0.25, 0.3) is 0 Å². The molecule has 0 heterocycles. The number of hydrogen-bond acceptors (Lipinski definition) is 2. The fraction of sp³-hybridized carbons (Fsp3) is 0.929. The second-order valence-electron chi connectivity index (χ2n) is 6.44. The molecule has 3 atom stereocenters. The first-order valence-corrected chi connectivity index (χ1v) is 6.96. The number of aliphatic hydroxyl groups is 1. The molecule has 0 aromatic heterocycles. The lowest BCUT2D eigenvalue weighted by molar-refractivity contribution is -0.127. The first kappa shape index (κ1) is 12.9. The van der Waals surface area contributed by atoms with Gasteiger partial charge in [0.15, 0.2) is 0 Å². The molecule has 3 unspecified atom stereocenters. The van der Waals surface area contributed by atoms with E-state index in [0.717, 1.165) is 38.5 Å². The maximum Gasteiger partial charge on any atom is 0.223 e. The molecule has 0 aromatic carbocycles. The van der Waals surface area contributed by atoms with Crippen LogP contribution >= 0.6 is 0 Å². The Balaban J connectivity index is 1.81. The molecular weight excluding hydrogens is 214 g/mol. The third-order valence-electron chi connectivity index (χ3n) is 4.73. The summed E-state index contributed by atoms with van der Waals surface area (Å²) in [5, 5.41) is 12.8. The van der Waals surface area contributed by atoms with Gasteiger partial charge in [-0.15, -0.1) is 0 Å². The zero-order valence-corrected chi connectivity index (χ0v) is 11.0. The summed E-state index contributed by atoms with van der Waals surface area (Å²) in [6.45, 7) is 5.04. The van der Waals surface area contributed by atoms with Gasteiger partial charge in [-0.1, -0.05) is 26.7 Å². The van der Waals surface area contributed by atoms with Crippen molar-refractivity contribution in [1.29, 1.82) is 0 Å². The highest BCUT2D eigenvalue weighted by molar-refractivity contribution is 5.79. The van der Waals surface area contributed by atoms with Crippen LogP contribution in [0.2, 0.25) is 0 Å². The van der Waals surface area contributed by atoms with Gasteiger partial charge >= 0.3 is 0 Å². The van der Waals surface area contributed by atoms with Crippen molar-refractivity contribution < 1.29 is 9.90 Å². The van der Waals surface area contributed by atoms with Crippen molar-refractivity contribution in [3.63, 3.8) is 0 Å². The van der Waals surface area contributed by atoms with Gasteiger partial charge in [0, 0.05) is 18.4 Å². The molecule has 2 aliphatic rings. The maximum absolute atomic E-state index is 12.1. The smallest absolute Gasteiger partial charge is 0.223 e. The summed E-state index contributed by atoms with van der Waals surface area (Å²) in [5.41, 5.74) is 0.151. The third kappa shape index (κ3) is 2.82. The molecule has 0 spiro atoms. The monoisotopic (exact) mass is 239 g/mol. The van der Waals surface area contributed by atoms with Crippen LogP contribution in [0, 0.1) is 17.3 Å². The number of carbonyl (C=O) groups excluding carboxylic acids is 1. The summed E-state index contributed by atoms with van der Waals surface area (Å²) in [5.74, 6) is 0.649. The lowest BCUT2D eigenvalue weighted by atomic mass is 9.81. The predicted molar refractivity (Wildman–Crippen MR) is 67.5 cm³/mol. The maximum atomic E-state index is 12.1. The molecule has 2 fully saturated rings. The molecule has 1 amide bonds. The highest BCUT2D eigenvalue weighted by Crippen LogP contribution is 2.42. The first-order chi connectivity index (χ1) is 8.00. The second-order valence-corrected chi connectivity index (χ2v) is 6.44. The quantitative estimate of drug-likeness (QED) is 0.792. The van der Waals surface area contributed by atoms with Crippen molar-refractivity contribution in [3.8, 4) is 0 Å². The summed E-state index contributed by atoms with van der Waals surface area (Å²) >= 11 is 0. The normalized spacial score (nSPS) is 36.1. The largest absolute Gasteiger partial charge is 0.393 e. The van der Waals surface area contributed by atoms with Gasteiger partial charge in [-0.3, -0.25) is 4.79 Å². The lowest BCUT2D eigenvalue weighted by Crippen LogP contribution is -2.39. The van der Waals surface area contributed by atoms with Gasteiger partial charge in [0.1, 0.15) is 0 Å². The van der Waals surface area contributed by atoms with Gasteiger partial charge in [-0.2, -0.15) is 0 Å². The van der Waals surface area contributed by atoms with E-state index in [-0.39, 0.29) is 29.3 Å². The average Bonchev–Trinajstić information content (AvgIpc) is 2.81. The fourth-order valence-electron chi connectivity index (χ4n) is 3.42. The molecular formula is C14H25NO2. The van der Waals surface area contributed by atoms with Gasteiger partial charge in [-0.05, 0) is 31.1 Å². The van der Waals surface area contributed by atoms with E-state index in [1.54, 1.807) is 0 Å². The standard InChI is InChI=1S/C14H25NO2/c1-14(2)8-4-6-11(14)13(17)15-9-10-5-3-7-12(10)16/h10-12,16H,3-9H2,1-2H3,(H,15,17). The predicted octanol–water partition coefficient (Wildman–Crippen LogP) is 2.09. The molecule has 98 valence electrons. The highest BCUT2D eigenvalue weighted by atomic mass is 16.3. The fourth-order valence-corrected chi connectivity index (χ4v) is 3.42. The van der Waals surface area contributed by atoms with Crippen LogP contribution in [-0.2, 0) is 4.79 Å².